The zero-order valence-electron chi connectivity index (χ0n) is 12.6. The van der Waals surface area contributed by atoms with Crippen LogP contribution in [0.4, 0.5) is 13.2 Å². The van der Waals surface area contributed by atoms with Crippen molar-refractivity contribution in [3.8, 4) is 0 Å². The van der Waals surface area contributed by atoms with E-state index in [2.05, 4.69) is 0 Å². The zero-order chi connectivity index (χ0) is 17.0. The molecule has 2 atom stereocenters. The predicted molar refractivity (Wildman–Crippen MR) is 77.8 cm³/mol. The Morgan fingerprint density at radius 1 is 1.26 bits per heavy atom. The molecular formula is C16H20F3NO3. The molecule has 1 fully saturated rings. The van der Waals surface area contributed by atoms with Gasteiger partial charge in [-0.15, -0.1) is 0 Å². The van der Waals surface area contributed by atoms with Gasteiger partial charge in [-0.25, -0.2) is 0 Å². The number of piperidine rings is 1. The molecule has 0 radical (unpaired) electrons. The molecule has 4 nitrogen and oxygen atoms in total. The number of hydrogen-bond acceptors (Lipinski definition) is 3. The fraction of sp³-hybridized carbons (Fsp3) is 0.562. The van der Waals surface area contributed by atoms with E-state index in [0.29, 0.717) is 25.9 Å². The van der Waals surface area contributed by atoms with Gasteiger partial charge in [0.1, 0.15) is 0 Å². The quantitative estimate of drug-likeness (QED) is 0.871. The summed E-state index contributed by atoms with van der Waals surface area (Å²) >= 11 is 0. The molecule has 7 heteroatoms. The molecule has 0 unspecified atom stereocenters. The highest BCUT2D eigenvalue weighted by Crippen LogP contribution is 2.37. The summed E-state index contributed by atoms with van der Waals surface area (Å²) in [6.45, 7) is 1.01. The largest absolute Gasteiger partial charge is 0.481 e. The molecule has 0 spiro atoms. The lowest BCUT2D eigenvalue weighted by atomic mass is 9.85. The molecule has 1 heterocycles. The van der Waals surface area contributed by atoms with Gasteiger partial charge >= 0.3 is 12.1 Å². The van der Waals surface area contributed by atoms with Gasteiger partial charge in [0, 0.05) is 19.0 Å². The van der Waals surface area contributed by atoms with E-state index >= 15 is 0 Å². The molecule has 1 aliphatic heterocycles. The van der Waals surface area contributed by atoms with Crippen molar-refractivity contribution in [1.29, 1.82) is 0 Å². The van der Waals surface area contributed by atoms with Crippen LogP contribution in [0.3, 0.4) is 0 Å². The summed E-state index contributed by atoms with van der Waals surface area (Å²) < 4.78 is 38.0. The number of nitrogens with zero attached hydrogens (tertiary/aromatic N) is 1. The minimum absolute atomic E-state index is 0.00487. The lowest BCUT2D eigenvalue weighted by molar-refractivity contribution is -0.139. The zero-order valence-corrected chi connectivity index (χ0v) is 12.6. The number of rotatable bonds is 5. The summed E-state index contributed by atoms with van der Waals surface area (Å²) in [6, 6.07) is 4.82. The molecule has 2 N–H and O–H groups in total. The summed E-state index contributed by atoms with van der Waals surface area (Å²) in [4.78, 5) is 12.9. The fourth-order valence-corrected chi connectivity index (χ4v) is 3.16. The lowest BCUT2D eigenvalue weighted by Crippen LogP contribution is -2.39. The second-order valence-electron chi connectivity index (χ2n) is 5.88. The SMILES string of the molecule is O=C(O)C[C@@H]1CCN(CCO)[C@H](c2ccc(C(F)(F)F)cc2)C1. The number of carbonyl (C=O) groups is 1. The van der Waals surface area contributed by atoms with Crippen molar-refractivity contribution < 1.29 is 28.2 Å². The monoisotopic (exact) mass is 331 g/mol. The number of benzene rings is 1. The Bertz CT molecular complexity index is 530. The molecule has 1 aliphatic rings. The summed E-state index contributed by atoms with van der Waals surface area (Å²) in [5.41, 5.74) is 0.0226. The molecule has 1 aromatic rings. The van der Waals surface area contributed by atoms with Crippen molar-refractivity contribution in [2.75, 3.05) is 19.7 Å². The van der Waals surface area contributed by atoms with Crippen LogP contribution in [0.1, 0.15) is 36.4 Å². The highest BCUT2D eigenvalue weighted by molar-refractivity contribution is 5.67. The van der Waals surface area contributed by atoms with Gasteiger partial charge in [-0.1, -0.05) is 12.1 Å². The van der Waals surface area contributed by atoms with Crippen molar-refractivity contribution in [2.45, 2.75) is 31.5 Å². The summed E-state index contributed by atoms with van der Waals surface area (Å²) in [6.07, 6.45) is -3.03. The Morgan fingerprint density at radius 2 is 1.91 bits per heavy atom. The number of aliphatic hydroxyl groups excluding tert-OH is 1. The number of carboxylic acids is 1. The van der Waals surface area contributed by atoms with Gasteiger partial charge in [-0.2, -0.15) is 13.2 Å². The number of carboxylic acid groups (broad SMARTS) is 1. The number of halogens is 3. The van der Waals surface area contributed by atoms with Gasteiger partial charge in [-0.05, 0) is 43.0 Å². The maximum absolute atomic E-state index is 12.7. The van der Waals surface area contributed by atoms with Crippen LogP contribution in [0, 0.1) is 5.92 Å². The third kappa shape index (κ3) is 4.68. The lowest BCUT2D eigenvalue weighted by Gasteiger charge is -2.39. The maximum atomic E-state index is 12.7. The minimum Gasteiger partial charge on any atom is -0.481 e. The number of aliphatic carboxylic acids is 1. The fourth-order valence-electron chi connectivity index (χ4n) is 3.16. The molecule has 23 heavy (non-hydrogen) atoms. The number of alkyl halides is 3. The summed E-state index contributed by atoms with van der Waals surface area (Å²) in [7, 11) is 0. The Labute approximate surface area is 132 Å². The number of aliphatic hydroxyl groups is 1. The molecule has 2 rings (SSSR count). The van der Waals surface area contributed by atoms with Gasteiger partial charge in [0.15, 0.2) is 0 Å². The van der Waals surface area contributed by atoms with Gasteiger partial charge in [0.2, 0.25) is 0 Å². The van der Waals surface area contributed by atoms with Crippen LogP contribution < -0.4 is 0 Å². The van der Waals surface area contributed by atoms with Gasteiger partial charge in [-0.3, -0.25) is 9.69 Å². The Hall–Kier alpha value is -1.60. The molecule has 0 aliphatic carbocycles. The Balaban J connectivity index is 2.18. The molecule has 0 bridgehead atoms. The van der Waals surface area contributed by atoms with Crippen molar-refractivity contribution in [1.82, 2.24) is 4.90 Å². The molecule has 128 valence electrons. The van der Waals surface area contributed by atoms with E-state index in [0.717, 1.165) is 17.7 Å². The van der Waals surface area contributed by atoms with Crippen LogP contribution in [0.5, 0.6) is 0 Å². The van der Waals surface area contributed by atoms with E-state index in [1.807, 2.05) is 4.90 Å². The average Bonchev–Trinajstić information content (AvgIpc) is 2.48. The molecule has 0 aromatic heterocycles. The van der Waals surface area contributed by atoms with Crippen LogP contribution in [0.25, 0.3) is 0 Å². The molecule has 1 saturated heterocycles. The van der Waals surface area contributed by atoms with Crippen molar-refractivity contribution >= 4 is 5.97 Å². The van der Waals surface area contributed by atoms with Crippen molar-refractivity contribution in [3.05, 3.63) is 35.4 Å². The number of hydrogen-bond donors (Lipinski definition) is 2. The van der Waals surface area contributed by atoms with Crippen LogP contribution in [-0.2, 0) is 11.0 Å². The second kappa shape index (κ2) is 7.31. The van der Waals surface area contributed by atoms with E-state index in [-0.39, 0.29) is 25.0 Å². The molecule has 0 saturated carbocycles. The van der Waals surface area contributed by atoms with E-state index in [4.69, 9.17) is 10.2 Å². The first kappa shape index (κ1) is 17.7. The Kier molecular flexibility index (Phi) is 5.64. The minimum atomic E-state index is -4.37. The standard InChI is InChI=1S/C16H20F3NO3/c17-16(18,19)13-3-1-12(2-4-13)14-9-11(10-15(22)23)5-6-20(14)7-8-21/h1-4,11,14,21H,5-10H2,(H,22,23)/t11-,14+/m1/s1. The summed E-state index contributed by atoms with van der Waals surface area (Å²) in [5, 5.41) is 18.1. The normalized spacial score (nSPS) is 23.0. The third-order valence-corrected chi connectivity index (χ3v) is 4.30. The number of β-amino-alcohol motifs (C(OH)–C–C–N with tert-alkyl or cyclic N) is 1. The van der Waals surface area contributed by atoms with Crippen LogP contribution in [0.15, 0.2) is 24.3 Å². The highest BCUT2D eigenvalue weighted by atomic mass is 19.4. The van der Waals surface area contributed by atoms with Crippen LogP contribution >= 0.6 is 0 Å². The first-order valence-corrected chi connectivity index (χ1v) is 7.55. The van der Waals surface area contributed by atoms with Gasteiger partial charge in [0.25, 0.3) is 0 Å². The van der Waals surface area contributed by atoms with Gasteiger partial charge in [0.05, 0.1) is 12.2 Å². The second-order valence-corrected chi connectivity index (χ2v) is 5.88. The first-order valence-electron chi connectivity index (χ1n) is 7.55. The van der Waals surface area contributed by atoms with E-state index in [9.17, 15) is 18.0 Å². The van der Waals surface area contributed by atoms with Crippen LogP contribution in [-0.4, -0.2) is 40.8 Å². The Morgan fingerprint density at radius 3 is 2.43 bits per heavy atom. The predicted octanol–water partition coefficient (Wildman–Crippen LogP) is 2.93. The van der Waals surface area contributed by atoms with E-state index in [1.165, 1.54) is 12.1 Å². The van der Waals surface area contributed by atoms with E-state index < -0.39 is 17.7 Å². The number of likely N-dealkylation sites (tertiary alicyclic amines) is 1. The smallest absolute Gasteiger partial charge is 0.416 e. The van der Waals surface area contributed by atoms with E-state index in [1.54, 1.807) is 0 Å². The highest BCUT2D eigenvalue weighted by Gasteiger charge is 2.33. The van der Waals surface area contributed by atoms with Crippen LogP contribution in [0.2, 0.25) is 0 Å². The molecular weight excluding hydrogens is 311 g/mol. The third-order valence-electron chi connectivity index (χ3n) is 4.30. The average molecular weight is 331 g/mol. The first-order chi connectivity index (χ1) is 10.8. The van der Waals surface area contributed by atoms with Crippen molar-refractivity contribution in [2.24, 2.45) is 5.92 Å². The maximum Gasteiger partial charge on any atom is 0.416 e. The molecule has 0 amide bonds. The summed E-state index contributed by atoms with van der Waals surface area (Å²) in [5.74, 6) is -0.869. The molecule has 1 aromatic carbocycles. The topological polar surface area (TPSA) is 60.8 Å². The van der Waals surface area contributed by atoms with Gasteiger partial charge < -0.3 is 10.2 Å². The van der Waals surface area contributed by atoms with Crippen molar-refractivity contribution in [3.63, 3.8) is 0 Å².